The van der Waals surface area contributed by atoms with Crippen LogP contribution in [-0.2, 0) is 4.74 Å². The highest BCUT2D eigenvalue weighted by molar-refractivity contribution is 6.30. The Kier molecular flexibility index (Phi) is 6.67. The lowest BCUT2D eigenvalue weighted by Crippen LogP contribution is -2.37. The Bertz CT molecular complexity index is 765. The summed E-state index contributed by atoms with van der Waals surface area (Å²) in [6.45, 7) is 5.93. The molecule has 8 nitrogen and oxygen atoms in total. The number of hydrogen-bond acceptors (Lipinski definition) is 6. The lowest BCUT2D eigenvalue weighted by atomic mass is 10.3. The summed E-state index contributed by atoms with van der Waals surface area (Å²) in [5.74, 6) is 2.33. The fourth-order valence-corrected chi connectivity index (χ4v) is 2.80. The molecule has 0 radical (unpaired) electrons. The normalized spacial score (nSPS) is 13.9. The van der Waals surface area contributed by atoms with E-state index in [4.69, 9.17) is 16.3 Å². The molecule has 1 aliphatic heterocycles. The monoisotopic (exact) mass is 390 g/mol. The number of aryl methyl sites for hydroxylation is 1. The van der Waals surface area contributed by atoms with Gasteiger partial charge in [-0.05, 0) is 31.2 Å². The van der Waals surface area contributed by atoms with Crippen molar-refractivity contribution in [3.05, 3.63) is 41.2 Å². The third-order valence-corrected chi connectivity index (χ3v) is 4.23. The van der Waals surface area contributed by atoms with Gasteiger partial charge >= 0.3 is 6.03 Å². The van der Waals surface area contributed by atoms with E-state index in [1.165, 1.54) is 0 Å². The minimum absolute atomic E-state index is 0.271. The summed E-state index contributed by atoms with van der Waals surface area (Å²) in [5.41, 5.74) is 0.687. The summed E-state index contributed by atoms with van der Waals surface area (Å²) in [6, 6.07) is 8.59. The molecule has 9 heteroatoms. The van der Waals surface area contributed by atoms with Crippen molar-refractivity contribution >= 4 is 35.0 Å². The van der Waals surface area contributed by atoms with Gasteiger partial charge < -0.3 is 25.6 Å². The molecule has 1 aromatic heterocycles. The average Bonchev–Trinajstić information content (AvgIpc) is 2.67. The van der Waals surface area contributed by atoms with Gasteiger partial charge in [-0.3, -0.25) is 0 Å². The molecule has 1 aliphatic rings. The number of urea groups is 1. The van der Waals surface area contributed by atoms with Gasteiger partial charge in [0.05, 0.1) is 13.2 Å². The second-order valence-corrected chi connectivity index (χ2v) is 6.51. The fraction of sp³-hybridized carbons (Fsp3) is 0.389. The van der Waals surface area contributed by atoms with Crippen molar-refractivity contribution in [3.63, 3.8) is 0 Å². The van der Waals surface area contributed by atoms with Gasteiger partial charge in [0.15, 0.2) is 0 Å². The van der Waals surface area contributed by atoms with Crippen LogP contribution in [0.4, 0.5) is 22.1 Å². The van der Waals surface area contributed by atoms with Gasteiger partial charge in [-0.25, -0.2) is 14.8 Å². The predicted molar refractivity (Wildman–Crippen MR) is 107 cm³/mol. The predicted octanol–water partition coefficient (Wildman–Crippen LogP) is 2.51. The van der Waals surface area contributed by atoms with Crippen molar-refractivity contribution in [2.75, 3.05) is 54.9 Å². The molecule has 0 spiro atoms. The number of aromatic nitrogens is 2. The molecule has 0 aliphatic carbocycles. The van der Waals surface area contributed by atoms with Crippen LogP contribution >= 0.6 is 11.6 Å². The molecule has 27 heavy (non-hydrogen) atoms. The van der Waals surface area contributed by atoms with E-state index < -0.39 is 0 Å². The Morgan fingerprint density at radius 1 is 1.19 bits per heavy atom. The highest BCUT2D eigenvalue weighted by Gasteiger charge is 2.14. The van der Waals surface area contributed by atoms with Crippen LogP contribution < -0.4 is 20.9 Å². The van der Waals surface area contributed by atoms with Crippen LogP contribution in [0.25, 0.3) is 0 Å². The number of anilines is 3. The van der Waals surface area contributed by atoms with Crippen LogP contribution in [0.2, 0.25) is 5.02 Å². The number of amides is 2. The van der Waals surface area contributed by atoms with E-state index in [-0.39, 0.29) is 6.03 Å². The summed E-state index contributed by atoms with van der Waals surface area (Å²) < 4.78 is 5.38. The maximum Gasteiger partial charge on any atom is 0.319 e. The number of nitrogens with one attached hydrogen (secondary N) is 3. The van der Waals surface area contributed by atoms with Crippen LogP contribution in [0.5, 0.6) is 0 Å². The van der Waals surface area contributed by atoms with E-state index in [0.29, 0.717) is 42.8 Å². The van der Waals surface area contributed by atoms with E-state index in [2.05, 4.69) is 30.8 Å². The van der Waals surface area contributed by atoms with Gasteiger partial charge in [-0.15, -0.1) is 0 Å². The number of carbonyl (C=O) groups excluding carboxylic acids is 1. The Hall–Kier alpha value is -2.58. The SMILES string of the molecule is Cc1nc(NCCNC(=O)Nc2ccc(Cl)cc2)cc(N2CCOCC2)n1. The second kappa shape index (κ2) is 9.38. The Labute approximate surface area is 163 Å². The summed E-state index contributed by atoms with van der Waals surface area (Å²) in [6.07, 6.45) is 0. The molecule has 1 aromatic carbocycles. The zero-order chi connectivity index (χ0) is 19.1. The summed E-state index contributed by atoms with van der Waals surface area (Å²) in [7, 11) is 0. The highest BCUT2D eigenvalue weighted by atomic mass is 35.5. The van der Waals surface area contributed by atoms with Crippen molar-refractivity contribution in [3.8, 4) is 0 Å². The first kappa shape index (κ1) is 19.2. The van der Waals surface area contributed by atoms with E-state index >= 15 is 0 Å². The first-order valence-corrected chi connectivity index (χ1v) is 9.20. The number of carbonyl (C=O) groups is 1. The van der Waals surface area contributed by atoms with Crippen molar-refractivity contribution in [2.45, 2.75) is 6.92 Å². The standard InChI is InChI=1S/C18H23ClN6O2/c1-13-22-16(12-17(23-13)25-8-10-27-11-9-25)20-6-7-21-18(26)24-15-4-2-14(19)3-5-15/h2-5,12H,6-11H2,1H3,(H,20,22,23)(H2,21,24,26). The average molecular weight is 391 g/mol. The van der Waals surface area contributed by atoms with E-state index in [1.807, 2.05) is 13.0 Å². The summed E-state index contributed by atoms with van der Waals surface area (Å²) in [5, 5.41) is 9.39. The number of halogens is 1. The molecule has 1 saturated heterocycles. The van der Waals surface area contributed by atoms with Gasteiger partial charge in [0.1, 0.15) is 17.5 Å². The Morgan fingerprint density at radius 2 is 1.93 bits per heavy atom. The summed E-state index contributed by atoms with van der Waals surface area (Å²) in [4.78, 5) is 23.0. The van der Waals surface area contributed by atoms with E-state index in [1.54, 1.807) is 24.3 Å². The minimum Gasteiger partial charge on any atom is -0.378 e. The second-order valence-electron chi connectivity index (χ2n) is 6.07. The smallest absolute Gasteiger partial charge is 0.319 e. The number of nitrogens with zero attached hydrogens (tertiary/aromatic N) is 3. The van der Waals surface area contributed by atoms with Gasteiger partial charge in [0, 0.05) is 43.0 Å². The molecule has 3 N–H and O–H groups in total. The molecule has 0 unspecified atom stereocenters. The number of ether oxygens (including phenoxy) is 1. The van der Waals surface area contributed by atoms with Crippen LogP contribution in [0.3, 0.4) is 0 Å². The third kappa shape index (κ3) is 5.97. The zero-order valence-corrected chi connectivity index (χ0v) is 15.9. The first-order valence-electron chi connectivity index (χ1n) is 8.83. The lowest BCUT2D eigenvalue weighted by molar-refractivity contribution is 0.122. The molecule has 0 bridgehead atoms. The number of hydrogen-bond donors (Lipinski definition) is 3. The fourth-order valence-electron chi connectivity index (χ4n) is 2.67. The molecule has 2 heterocycles. The maximum absolute atomic E-state index is 11.9. The first-order chi connectivity index (χ1) is 13.1. The Morgan fingerprint density at radius 3 is 2.67 bits per heavy atom. The minimum atomic E-state index is -0.271. The van der Waals surface area contributed by atoms with Crippen LogP contribution in [0.15, 0.2) is 30.3 Å². The van der Waals surface area contributed by atoms with Gasteiger partial charge in [0.25, 0.3) is 0 Å². The number of rotatable bonds is 6. The van der Waals surface area contributed by atoms with Crippen LogP contribution in [0.1, 0.15) is 5.82 Å². The van der Waals surface area contributed by atoms with Crippen molar-refractivity contribution in [1.82, 2.24) is 15.3 Å². The highest BCUT2D eigenvalue weighted by Crippen LogP contribution is 2.17. The Balaban J connectivity index is 1.45. The zero-order valence-electron chi connectivity index (χ0n) is 15.2. The van der Waals surface area contributed by atoms with Gasteiger partial charge in [-0.2, -0.15) is 0 Å². The van der Waals surface area contributed by atoms with Crippen molar-refractivity contribution in [2.24, 2.45) is 0 Å². The molecule has 0 atom stereocenters. The molecule has 144 valence electrons. The van der Waals surface area contributed by atoms with E-state index in [0.717, 1.165) is 24.7 Å². The number of benzene rings is 1. The third-order valence-electron chi connectivity index (χ3n) is 3.98. The molecule has 2 aromatic rings. The quantitative estimate of drug-likeness (QED) is 0.656. The van der Waals surface area contributed by atoms with Crippen molar-refractivity contribution in [1.29, 1.82) is 0 Å². The topological polar surface area (TPSA) is 91.4 Å². The largest absolute Gasteiger partial charge is 0.378 e. The molecule has 0 saturated carbocycles. The number of morpholine rings is 1. The molecule has 2 amide bonds. The van der Waals surface area contributed by atoms with Crippen molar-refractivity contribution < 1.29 is 9.53 Å². The van der Waals surface area contributed by atoms with E-state index in [9.17, 15) is 4.79 Å². The van der Waals surface area contributed by atoms with Crippen LogP contribution in [0, 0.1) is 6.92 Å². The van der Waals surface area contributed by atoms with Gasteiger partial charge in [-0.1, -0.05) is 11.6 Å². The lowest BCUT2D eigenvalue weighted by Gasteiger charge is -2.28. The van der Waals surface area contributed by atoms with Gasteiger partial charge in [0.2, 0.25) is 0 Å². The molecule has 3 rings (SSSR count). The molecular weight excluding hydrogens is 368 g/mol. The van der Waals surface area contributed by atoms with Crippen LogP contribution in [-0.4, -0.2) is 55.4 Å². The molecular formula is C18H23ClN6O2. The molecule has 1 fully saturated rings. The summed E-state index contributed by atoms with van der Waals surface area (Å²) >= 11 is 5.82. The maximum atomic E-state index is 11.9.